The van der Waals surface area contributed by atoms with E-state index in [1.807, 2.05) is 0 Å². The second kappa shape index (κ2) is 7.50. The zero-order valence-corrected chi connectivity index (χ0v) is 13.0. The molecule has 0 spiro atoms. The smallest absolute Gasteiger partial charge is 0.311 e. The van der Waals surface area contributed by atoms with E-state index in [4.69, 9.17) is 0 Å². The first-order chi connectivity index (χ1) is 11.4. The number of carbonyl (C=O) groups excluding carboxylic acids is 2. The van der Waals surface area contributed by atoms with Crippen molar-refractivity contribution >= 4 is 23.3 Å². The number of ketones is 1. The highest BCUT2D eigenvalue weighted by Gasteiger charge is 2.23. The molecule has 0 radical (unpaired) electrons. The molecule has 2 aromatic carbocycles. The fourth-order valence-corrected chi connectivity index (χ4v) is 2.26. The number of Topliss-reactive ketones (excluding diaryl/α,β-unsaturated/α-hetero) is 1. The van der Waals surface area contributed by atoms with Gasteiger partial charge in [0.2, 0.25) is 5.91 Å². The molecule has 2 N–H and O–H groups in total. The highest BCUT2D eigenvalue weighted by molar-refractivity contribution is 5.98. The van der Waals surface area contributed by atoms with Gasteiger partial charge >= 0.3 is 5.97 Å². The van der Waals surface area contributed by atoms with Crippen molar-refractivity contribution in [1.82, 2.24) is 0 Å². The van der Waals surface area contributed by atoms with Crippen LogP contribution in [0.25, 0.3) is 0 Å². The molecule has 0 fully saturated rings. The molecular weight excluding hydrogens is 313 g/mol. The Hall–Kier alpha value is -3.02. The number of hydrogen-bond acceptors (Lipinski definition) is 3. The Labute approximate surface area is 138 Å². The van der Waals surface area contributed by atoms with E-state index in [9.17, 15) is 23.9 Å². The van der Waals surface area contributed by atoms with E-state index in [0.29, 0.717) is 16.8 Å². The number of benzene rings is 2. The van der Waals surface area contributed by atoms with E-state index in [-0.39, 0.29) is 12.2 Å². The second-order valence-corrected chi connectivity index (χ2v) is 5.33. The van der Waals surface area contributed by atoms with E-state index in [1.54, 1.807) is 18.2 Å². The fraction of sp³-hybridized carbons (Fsp3) is 0.167. The van der Waals surface area contributed by atoms with Crippen LogP contribution in [0.2, 0.25) is 0 Å². The molecule has 6 heteroatoms. The zero-order valence-electron chi connectivity index (χ0n) is 13.0. The van der Waals surface area contributed by atoms with Gasteiger partial charge in [-0.15, -0.1) is 0 Å². The van der Waals surface area contributed by atoms with Crippen LogP contribution in [0.3, 0.4) is 0 Å². The normalized spacial score (nSPS) is 11.6. The zero-order chi connectivity index (χ0) is 17.7. The van der Waals surface area contributed by atoms with Gasteiger partial charge in [-0.25, -0.2) is 4.39 Å². The largest absolute Gasteiger partial charge is 0.481 e. The van der Waals surface area contributed by atoms with Crippen molar-refractivity contribution in [2.75, 3.05) is 5.32 Å². The summed E-state index contributed by atoms with van der Waals surface area (Å²) in [5, 5.41) is 11.9. The van der Waals surface area contributed by atoms with Crippen LogP contribution in [-0.4, -0.2) is 22.8 Å². The molecule has 2 rings (SSSR count). The maximum Gasteiger partial charge on any atom is 0.311 e. The SMILES string of the molecule is CC(=O)c1cccc(NC(=O)C[C@@H](C(=O)O)c2ccc(F)cc2)c1. The van der Waals surface area contributed by atoms with E-state index >= 15 is 0 Å². The number of nitrogens with one attached hydrogen (secondary N) is 1. The number of carboxylic acids is 1. The number of carbonyl (C=O) groups is 3. The number of carboxylic acid groups (broad SMARTS) is 1. The quantitative estimate of drug-likeness (QED) is 0.797. The van der Waals surface area contributed by atoms with Crippen molar-refractivity contribution in [3.63, 3.8) is 0 Å². The standard InChI is InChI=1S/C18H16FNO4/c1-11(21)13-3-2-4-15(9-13)20-17(22)10-16(18(23)24)12-5-7-14(19)8-6-12/h2-9,16H,10H2,1H3,(H,20,22)(H,23,24)/t16-/m1/s1. The summed E-state index contributed by atoms with van der Waals surface area (Å²) >= 11 is 0. The minimum atomic E-state index is -1.17. The summed E-state index contributed by atoms with van der Waals surface area (Å²) in [4.78, 5) is 34.9. The van der Waals surface area contributed by atoms with Crippen LogP contribution in [0.4, 0.5) is 10.1 Å². The van der Waals surface area contributed by atoms with Crippen LogP contribution in [0, 0.1) is 5.82 Å². The van der Waals surface area contributed by atoms with Crippen LogP contribution in [0.1, 0.15) is 35.2 Å². The molecule has 2 aromatic rings. The molecule has 0 unspecified atom stereocenters. The molecule has 0 saturated heterocycles. The number of aliphatic carboxylic acids is 1. The first kappa shape index (κ1) is 17.3. The molecule has 1 amide bonds. The number of halogens is 1. The Kier molecular flexibility index (Phi) is 5.42. The topological polar surface area (TPSA) is 83.5 Å². The molecule has 0 saturated carbocycles. The number of amides is 1. The van der Waals surface area contributed by atoms with E-state index in [0.717, 1.165) is 12.1 Å². The predicted molar refractivity (Wildman–Crippen MR) is 86.5 cm³/mol. The Morgan fingerprint density at radius 1 is 1.12 bits per heavy atom. The third-order valence-electron chi connectivity index (χ3n) is 3.51. The fourth-order valence-electron chi connectivity index (χ4n) is 2.26. The van der Waals surface area contributed by atoms with Crippen LogP contribution in [-0.2, 0) is 9.59 Å². The van der Waals surface area contributed by atoms with Crippen LogP contribution < -0.4 is 5.32 Å². The Balaban J connectivity index is 2.11. The van der Waals surface area contributed by atoms with E-state index < -0.39 is 23.6 Å². The maximum absolute atomic E-state index is 13.0. The number of hydrogen-bond donors (Lipinski definition) is 2. The van der Waals surface area contributed by atoms with Gasteiger partial charge in [0.15, 0.2) is 5.78 Å². The number of anilines is 1. The molecule has 0 aliphatic rings. The first-order valence-electron chi connectivity index (χ1n) is 7.26. The van der Waals surface area contributed by atoms with E-state index in [1.165, 1.54) is 25.1 Å². The molecule has 124 valence electrons. The molecule has 0 aromatic heterocycles. The number of rotatable bonds is 6. The average molecular weight is 329 g/mol. The van der Waals surface area contributed by atoms with Crippen LogP contribution in [0.5, 0.6) is 0 Å². The summed E-state index contributed by atoms with van der Waals surface area (Å²) in [5.74, 6) is -3.38. The van der Waals surface area contributed by atoms with Crippen molar-refractivity contribution in [3.05, 3.63) is 65.5 Å². The molecular formula is C18H16FNO4. The van der Waals surface area contributed by atoms with Gasteiger partial charge < -0.3 is 10.4 Å². The molecule has 0 bridgehead atoms. The summed E-state index contributed by atoms with van der Waals surface area (Å²) in [6, 6.07) is 11.4. The molecule has 1 atom stereocenters. The van der Waals surface area contributed by atoms with Crippen LogP contribution >= 0.6 is 0 Å². The van der Waals surface area contributed by atoms with Gasteiger partial charge in [-0.05, 0) is 36.8 Å². The van der Waals surface area contributed by atoms with Gasteiger partial charge in [0.1, 0.15) is 5.82 Å². The molecule has 0 aliphatic heterocycles. The van der Waals surface area contributed by atoms with Crippen molar-refractivity contribution in [1.29, 1.82) is 0 Å². The third kappa shape index (κ3) is 4.49. The lowest BCUT2D eigenvalue weighted by molar-refractivity contribution is -0.140. The minimum absolute atomic E-state index is 0.138. The summed E-state index contributed by atoms with van der Waals surface area (Å²) in [5.41, 5.74) is 1.20. The Morgan fingerprint density at radius 3 is 2.38 bits per heavy atom. The van der Waals surface area contributed by atoms with Gasteiger partial charge in [-0.3, -0.25) is 14.4 Å². The summed E-state index contributed by atoms with van der Waals surface area (Å²) < 4.78 is 13.0. The second-order valence-electron chi connectivity index (χ2n) is 5.33. The molecule has 0 heterocycles. The Morgan fingerprint density at radius 2 is 1.79 bits per heavy atom. The molecule has 24 heavy (non-hydrogen) atoms. The summed E-state index contributed by atoms with van der Waals surface area (Å²) in [7, 11) is 0. The lowest BCUT2D eigenvalue weighted by Gasteiger charge is -2.13. The lowest BCUT2D eigenvalue weighted by Crippen LogP contribution is -2.21. The van der Waals surface area contributed by atoms with Gasteiger partial charge in [0, 0.05) is 17.7 Å². The first-order valence-corrected chi connectivity index (χ1v) is 7.26. The minimum Gasteiger partial charge on any atom is -0.481 e. The third-order valence-corrected chi connectivity index (χ3v) is 3.51. The van der Waals surface area contributed by atoms with Crippen molar-refractivity contribution < 1.29 is 23.9 Å². The van der Waals surface area contributed by atoms with Crippen molar-refractivity contribution in [2.24, 2.45) is 0 Å². The van der Waals surface area contributed by atoms with Gasteiger partial charge in [0.05, 0.1) is 5.92 Å². The lowest BCUT2D eigenvalue weighted by atomic mass is 9.95. The van der Waals surface area contributed by atoms with Gasteiger partial charge in [0.25, 0.3) is 0 Å². The van der Waals surface area contributed by atoms with E-state index in [2.05, 4.69) is 5.32 Å². The predicted octanol–water partition coefficient (Wildman–Crippen LogP) is 3.23. The van der Waals surface area contributed by atoms with Gasteiger partial charge in [-0.2, -0.15) is 0 Å². The van der Waals surface area contributed by atoms with Gasteiger partial charge in [-0.1, -0.05) is 24.3 Å². The monoisotopic (exact) mass is 329 g/mol. The highest BCUT2D eigenvalue weighted by atomic mass is 19.1. The molecule has 5 nitrogen and oxygen atoms in total. The van der Waals surface area contributed by atoms with Crippen molar-refractivity contribution in [2.45, 2.75) is 19.3 Å². The Bertz CT molecular complexity index is 771. The van der Waals surface area contributed by atoms with Crippen molar-refractivity contribution in [3.8, 4) is 0 Å². The highest BCUT2D eigenvalue weighted by Crippen LogP contribution is 2.22. The molecule has 0 aliphatic carbocycles. The maximum atomic E-state index is 13.0. The van der Waals surface area contributed by atoms with Crippen LogP contribution in [0.15, 0.2) is 48.5 Å². The summed E-state index contributed by atoms with van der Waals surface area (Å²) in [6.45, 7) is 1.41. The average Bonchev–Trinajstić information content (AvgIpc) is 2.53. The summed E-state index contributed by atoms with van der Waals surface area (Å²) in [6.07, 6.45) is -0.300.